The summed E-state index contributed by atoms with van der Waals surface area (Å²) in [6.45, 7) is -1.54. The predicted molar refractivity (Wildman–Crippen MR) is 145 cm³/mol. The normalized spacial score (nSPS) is 24.3. The zero-order valence-electron chi connectivity index (χ0n) is 22.6. The number of benzene rings is 2. The molecule has 15 heteroatoms. The molecule has 0 bridgehead atoms. The van der Waals surface area contributed by atoms with E-state index < -0.39 is 56.1 Å². The van der Waals surface area contributed by atoms with E-state index in [0.717, 1.165) is 17.8 Å². The standard InChI is InChI=1S/C27H32FN2O11P/c1-36-16-21(37-14-19-8-4-2-5-9-19)17-39-42(35,38-15-20-10-6-3-7-11-20)40-18-27(28)24(33)23(32)25(41-27)30-13-12-22(31)29-26(30)34/h2-13,21,23-25,32-33H,14-18H2,1H3,(H,29,31,34)/t21?,23-,24+,25-,27-,42?/m1/s1. The van der Waals surface area contributed by atoms with Crippen molar-refractivity contribution >= 4 is 7.82 Å². The highest BCUT2D eigenvalue weighted by Gasteiger charge is 2.57. The number of phosphoric acid groups is 1. The minimum Gasteiger partial charge on any atom is -0.385 e. The molecule has 3 aromatic rings. The first kappa shape index (κ1) is 31.9. The number of rotatable bonds is 15. The SMILES string of the molecule is COCC(COP(=O)(OCc1ccccc1)OC[C@@]1(F)O[C@@H](n2ccc(=O)[nH]c2=O)[C@H](O)[C@@H]1O)OCc1ccccc1. The summed E-state index contributed by atoms with van der Waals surface area (Å²) in [7, 11) is -3.12. The van der Waals surface area contributed by atoms with Crippen LogP contribution in [0.2, 0.25) is 0 Å². The third-order valence-electron chi connectivity index (χ3n) is 6.25. The number of halogens is 1. The fourth-order valence-electron chi connectivity index (χ4n) is 4.02. The Kier molecular flexibility index (Phi) is 11.0. The summed E-state index contributed by atoms with van der Waals surface area (Å²) >= 11 is 0. The topological polar surface area (TPSA) is 168 Å². The van der Waals surface area contributed by atoms with Crippen LogP contribution in [0.15, 0.2) is 82.5 Å². The molecule has 0 saturated carbocycles. The lowest BCUT2D eigenvalue weighted by Gasteiger charge is -2.26. The molecule has 1 aliphatic rings. The van der Waals surface area contributed by atoms with E-state index in [-0.39, 0.29) is 26.4 Å². The molecule has 228 valence electrons. The molecule has 1 fully saturated rings. The molecule has 0 amide bonds. The van der Waals surface area contributed by atoms with Gasteiger partial charge in [0.25, 0.3) is 11.4 Å². The Hall–Kier alpha value is -3.04. The summed E-state index contributed by atoms with van der Waals surface area (Å²) in [5, 5.41) is 20.9. The highest BCUT2D eigenvalue weighted by molar-refractivity contribution is 7.48. The number of nitrogens with one attached hydrogen (secondary N) is 1. The monoisotopic (exact) mass is 610 g/mol. The van der Waals surface area contributed by atoms with E-state index in [1.165, 1.54) is 7.11 Å². The van der Waals surface area contributed by atoms with Crippen molar-refractivity contribution in [3.8, 4) is 0 Å². The average Bonchev–Trinajstić information content (AvgIpc) is 3.22. The maximum absolute atomic E-state index is 15.8. The van der Waals surface area contributed by atoms with Crippen LogP contribution in [-0.2, 0) is 45.6 Å². The van der Waals surface area contributed by atoms with Gasteiger partial charge in [-0.1, -0.05) is 60.7 Å². The second kappa shape index (κ2) is 14.4. The summed E-state index contributed by atoms with van der Waals surface area (Å²) in [5.74, 6) is -3.15. The first-order chi connectivity index (χ1) is 20.1. The fraction of sp³-hybridized carbons (Fsp3) is 0.407. The van der Waals surface area contributed by atoms with Gasteiger partial charge in [-0.25, -0.2) is 13.8 Å². The summed E-state index contributed by atoms with van der Waals surface area (Å²) in [4.78, 5) is 25.5. The van der Waals surface area contributed by atoms with Crippen LogP contribution in [-0.4, -0.2) is 70.9 Å². The van der Waals surface area contributed by atoms with Crippen molar-refractivity contribution in [3.05, 3.63) is 105 Å². The lowest BCUT2D eigenvalue weighted by Crippen LogP contribution is -2.43. The third-order valence-corrected chi connectivity index (χ3v) is 7.61. The van der Waals surface area contributed by atoms with E-state index in [1.54, 1.807) is 30.3 Å². The molecule has 13 nitrogen and oxygen atoms in total. The molecule has 2 unspecified atom stereocenters. The van der Waals surface area contributed by atoms with Gasteiger partial charge in [-0.15, -0.1) is 0 Å². The lowest BCUT2D eigenvalue weighted by atomic mass is 10.1. The number of ether oxygens (including phenoxy) is 3. The van der Waals surface area contributed by atoms with E-state index in [1.807, 2.05) is 35.3 Å². The maximum Gasteiger partial charge on any atom is 0.475 e. The van der Waals surface area contributed by atoms with Crippen LogP contribution >= 0.6 is 7.82 Å². The quantitative estimate of drug-likeness (QED) is 0.216. The van der Waals surface area contributed by atoms with Gasteiger partial charge >= 0.3 is 13.5 Å². The second-order valence-electron chi connectivity index (χ2n) is 9.40. The predicted octanol–water partition coefficient (Wildman–Crippen LogP) is 2.04. The molecular weight excluding hydrogens is 578 g/mol. The molecule has 0 spiro atoms. The van der Waals surface area contributed by atoms with E-state index in [0.29, 0.717) is 10.1 Å². The number of nitrogens with zero attached hydrogens (tertiary/aromatic N) is 1. The van der Waals surface area contributed by atoms with Crippen LogP contribution < -0.4 is 11.2 Å². The van der Waals surface area contributed by atoms with Gasteiger partial charge in [-0.05, 0) is 11.1 Å². The van der Waals surface area contributed by atoms with Crippen molar-refractivity contribution in [3.63, 3.8) is 0 Å². The van der Waals surface area contributed by atoms with E-state index in [2.05, 4.69) is 0 Å². The number of phosphoric ester groups is 1. The molecule has 42 heavy (non-hydrogen) atoms. The molecule has 1 aromatic heterocycles. The lowest BCUT2D eigenvalue weighted by molar-refractivity contribution is -0.206. The molecular formula is C27H32FN2O11P. The van der Waals surface area contributed by atoms with Crippen molar-refractivity contribution in [2.75, 3.05) is 26.9 Å². The summed E-state index contributed by atoms with van der Waals surface area (Å²) < 4.78 is 62.6. The van der Waals surface area contributed by atoms with Gasteiger partial charge in [0.05, 0.1) is 26.4 Å². The smallest absolute Gasteiger partial charge is 0.385 e. The molecule has 4 rings (SSSR count). The first-order valence-electron chi connectivity index (χ1n) is 12.9. The van der Waals surface area contributed by atoms with Gasteiger partial charge in [0.2, 0.25) is 0 Å². The Balaban J connectivity index is 1.47. The van der Waals surface area contributed by atoms with E-state index in [9.17, 15) is 24.4 Å². The Morgan fingerprint density at radius 1 is 0.976 bits per heavy atom. The second-order valence-corrected chi connectivity index (χ2v) is 11.1. The maximum atomic E-state index is 15.8. The van der Waals surface area contributed by atoms with Crippen molar-refractivity contribution in [2.45, 2.75) is 43.6 Å². The number of aromatic amines is 1. The highest BCUT2D eigenvalue weighted by Crippen LogP contribution is 2.52. The fourth-order valence-corrected chi connectivity index (χ4v) is 5.23. The number of hydrogen-bond donors (Lipinski definition) is 3. The van der Waals surface area contributed by atoms with E-state index >= 15 is 4.39 Å². The summed E-state index contributed by atoms with van der Waals surface area (Å²) in [6, 6.07) is 18.9. The summed E-state index contributed by atoms with van der Waals surface area (Å²) in [5.41, 5.74) is -0.255. The Morgan fingerprint density at radius 2 is 1.62 bits per heavy atom. The number of hydrogen-bond acceptors (Lipinski definition) is 11. The van der Waals surface area contributed by atoms with Gasteiger partial charge in [0, 0.05) is 19.4 Å². The molecule has 3 N–H and O–H groups in total. The minimum atomic E-state index is -4.57. The van der Waals surface area contributed by atoms with Crippen molar-refractivity contribution in [1.82, 2.24) is 9.55 Å². The van der Waals surface area contributed by atoms with Gasteiger partial charge < -0.3 is 24.4 Å². The van der Waals surface area contributed by atoms with Gasteiger partial charge in [-0.3, -0.25) is 27.9 Å². The zero-order valence-corrected chi connectivity index (χ0v) is 23.5. The molecule has 2 aromatic carbocycles. The Bertz CT molecular complexity index is 1440. The number of aliphatic hydroxyl groups excluding tert-OH is 2. The first-order valence-corrected chi connectivity index (χ1v) is 14.3. The van der Waals surface area contributed by atoms with Crippen LogP contribution in [0.1, 0.15) is 17.4 Å². The molecule has 6 atom stereocenters. The van der Waals surface area contributed by atoms with Crippen LogP contribution in [0, 0.1) is 0 Å². The van der Waals surface area contributed by atoms with Gasteiger partial charge in [0.15, 0.2) is 6.23 Å². The largest absolute Gasteiger partial charge is 0.475 e. The molecule has 1 saturated heterocycles. The number of H-pyrrole nitrogens is 1. The van der Waals surface area contributed by atoms with Crippen molar-refractivity contribution in [2.24, 2.45) is 0 Å². The number of alkyl halides is 1. The van der Waals surface area contributed by atoms with E-state index in [4.69, 9.17) is 27.8 Å². The van der Waals surface area contributed by atoms with Gasteiger partial charge in [0.1, 0.15) is 24.9 Å². The minimum absolute atomic E-state index is 0.0577. The third kappa shape index (κ3) is 8.28. The van der Waals surface area contributed by atoms with Gasteiger partial charge in [-0.2, -0.15) is 0 Å². The van der Waals surface area contributed by atoms with Crippen LogP contribution in [0.4, 0.5) is 4.39 Å². The molecule has 0 aliphatic carbocycles. The Labute approximate surface area is 240 Å². The zero-order chi connectivity index (χ0) is 30.2. The average molecular weight is 611 g/mol. The molecule has 0 radical (unpaired) electrons. The van der Waals surface area contributed by atoms with Crippen molar-refractivity contribution < 1.29 is 47.0 Å². The molecule has 1 aliphatic heterocycles. The van der Waals surface area contributed by atoms with Crippen LogP contribution in [0.3, 0.4) is 0 Å². The highest BCUT2D eigenvalue weighted by atomic mass is 31.2. The number of aromatic nitrogens is 2. The van der Waals surface area contributed by atoms with Crippen LogP contribution in [0.5, 0.6) is 0 Å². The van der Waals surface area contributed by atoms with Crippen LogP contribution in [0.25, 0.3) is 0 Å². The number of aliphatic hydroxyl groups is 2. The number of methoxy groups -OCH3 is 1. The van der Waals surface area contributed by atoms with Crippen molar-refractivity contribution in [1.29, 1.82) is 0 Å². The Morgan fingerprint density at radius 3 is 2.24 bits per heavy atom. The molecule has 2 heterocycles. The summed E-state index contributed by atoms with van der Waals surface area (Å²) in [6.07, 6.45) is -5.68.